The maximum atomic E-state index is 12.4. The van der Waals surface area contributed by atoms with Gasteiger partial charge in [0.1, 0.15) is 6.04 Å². The van der Waals surface area contributed by atoms with E-state index in [9.17, 15) is 14.4 Å². The van der Waals surface area contributed by atoms with Crippen molar-refractivity contribution >= 4 is 23.4 Å². The van der Waals surface area contributed by atoms with Crippen LogP contribution in [0, 0.1) is 0 Å². The molecule has 2 aromatic heterocycles. The zero-order valence-corrected chi connectivity index (χ0v) is 15.8. The number of hydrogen-bond acceptors (Lipinski definition) is 7. The van der Waals surface area contributed by atoms with Gasteiger partial charge in [-0.1, -0.05) is 17.3 Å². The van der Waals surface area contributed by atoms with Gasteiger partial charge in [-0.2, -0.15) is 4.98 Å². The minimum atomic E-state index is -0.808. The van der Waals surface area contributed by atoms with Crippen LogP contribution in [0.4, 0.5) is 5.69 Å². The number of benzene rings is 1. The summed E-state index contributed by atoms with van der Waals surface area (Å²) < 4.78 is 5.13. The summed E-state index contributed by atoms with van der Waals surface area (Å²) >= 11 is 0. The maximum Gasteiger partial charge on any atom is 0.254 e. The van der Waals surface area contributed by atoms with E-state index in [1.807, 2.05) is 0 Å². The summed E-state index contributed by atoms with van der Waals surface area (Å²) in [5.41, 5.74) is 1.59. The first-order valence-corrected chi connectivity index (χ1v) is 9.30. The third kappa shape index (κ3) is 4.32. The molecule has 0 spiro atoms. The van der Waals surface area contributed by atoms with Crippen molar-refractivity contribution in [3.63, 3.8) is 0 Å². The lowest BCUT2D eigenvalue weighted by Gasteiger charge is -2.14. The van der Waals surface area contributed by atoms with Crippen LogP contribution in [0.25, 0.3) is 11.4 Å². The largest absolute Gasteiger partial charge is 0.347 e. The molecule has 152 valence electrons. The van der Waals surface area contributed by atoms with Gasteiger partial charge >= 0.3 is 0 Å². The van der Waals surface area contributed by atoms with Gasteiger partial charge in [0.2, 0.25) is 23.5 Å². The number of anilines is 1. The zero-order chi connectivity index (χ0) is 20.9. The van der Waals surface area contributed by atoms with E-state index in [1.54, 1.807) is 48.8 Å². The van der Waals surface area contributed by atoms with Crippen molar-refractivity contribution in [1.29, 1.82) is 0 Å². The van der Waals surface area contributed by atoms with E-state index in [2.05, 4.69) is 31.1 Å². The van der Waals surface area contributed by atoms with Crippen LogP contribution in [0.2, 0.25) is 0 Å². The Morgan fingerprint density at radius 2 is 1.93 bits per heavy atom. The van der Waals surface area contributed by atoms with E-state index in [0.717, 1.165) is 5.56 Å². The molecule has 10 heteroatoms. The van der Waals surface area contributed by atoms with Crippen molar-refractivity contribution in [3.05, 3.63) is 60.2 Å². The second-order valence-electron chi connectivity index (χ2n) is 6.62. The monoisotopic (exact) mass is 406 g/mol. The van der Waals surface area contributed by atoms with Gasteiger partial charge in [0, 0.05) is 24.4 Å². The fourth-order valence-corrected chi connectivity index (χ4v) is 3.00. The summed E-state index contributed by atoms with van der Waals surface area (Å²) in [6.45, 7) is 0.0611. The van der Waals surface area contributed by atoms with Crippen molar-refractivity contribution in [2.24, 2.45) is 0 Å². The number of amides is 3. The van der Waals surface area contributed by atoms with Gasteiger partial charge in [0.15, 0.2) is 0 Å². The van der Waals surface area contributed by atoms with Crippen LogP contribution in [-0.2, 0) is 16.1 Å². The third-order valence-electron chi connectivity index (χ3n) is 4.55. The van der Waals surface area contributed by atoms with E-state index in [4.69, 9.17) is 4.52 Å². The molecular formula is C20H18N6O4. The van der Waals surface area contributed by atoms with Crippen LogP contribution >= 0.6 is 0 Å². The highest BCUT2D eigenvalue weighted by atomic mass is 16.5. The Labute approximate surface area is 171 Å². The van der Waals surface area contributed by atoms with Crippen LogP contribution in [0.15, 0.2) is 53.3 Å². The summed E-state index contributed by atoms with van der Waals surface area (Å²) in [5.74, 6) is -0.364. The Bertz CT molecular complexity index is 1080. The van der Waals surface area contributed by atoms with Gasteiger partial charge in [0.25, 0.3) is 5.91 Å². The third-order valence-corrected chi connectivity index (χ3v) is 4.55. The molecule has 0 saturated heterocycles. The number of fused-ring (bicyclic) bond motifs is 1. The van der Waals surface area contributed by atoms with Crippen LogP contribution < -0.4 is 16.0 Å². The van der Waals surface area contributed by atoms with Crippen LogP contribution in [0.3, 0.4) is 0 Å². The van der Waals surface area contributed by atoms with E-state index in [1.165, 1.54) is 0 Å². The Hall–Kier alpha value is -4.08. The fraction of sp³-hybridized carbons (Fsp3) is 0.200. The molecule has 0 radical (unpaired) electrons. The van der Waals surface area contributed by atoms with E-state index < -0.39 is 6.04 Å². The molecule has 0 aliphatic carbocycles. The van der Waals surface area contributed by atoms with E-state index >= 15 is 0 Å². The summed E-state index contributed by atoms with van der Waals surface area (Å²) in [6.07, 6.45) is 3.44. The molecule has 3 amide bonds. The standard InChI is InChI=1S/C20H18N6O4/c27-16(22-11-17-25-18(26-30-17)12-7-9-21-10-8-12)6-5-15-20(29)23-14-4-2-1-3-13(14)19(28)24-15/h1-4,7-10,15H,5-6,11H2,(H,22,27)(H,23,29)(H,24,28)/t15-/m0/s1. The molecule has 1 aromatic carbocycles. The first kappa shape index (κ1) is 19.2. The molecular weight excluding hydrogens is 388 g/mol. The first-order chi connectivity index (χ1) is 14.6. The van der Waals surface area contributed by atoms with Gasteiger partial charge in [-0.05, 0) is 30.7 Å². The van der Waals surface area contributed by atoms with Crippen molar-refractivity contribution in [2.75, 3.05) is 5.32 Å². The molecule has 0 saturated carbocycles. The summed E-state index contributed by atoms with van der Waals surface area (Å²) in [7, 11) is 0. The highest BCUT2D eigenvalue weighted by molar-refractivity contribution is 6.09. The molecule has 1 aliphatic heterocycles. The van der Waals surface area contributed by atoms with Crippen LogP contribution in [-0.4, -0.2) is 38.9 Å². The van der Waals surface area contributed by atoms with Gasteiger partial charge < -0.3 is 20.5 Å². The highest BCUT2D eigenvalue weighted by Gasteiger charge is 2.27. The van der Waals surface area contributed by atoms with E-state index in [0.29, 0.717) is 17.1 Å². The molecule has 0 unspecified atom stereocenters. The number of hydrogen-bond donors (Lipinski definition) is 3. The SMILES string of the molecule is O=C(CC[C@@H]1NC(=O)c2ccccc2NC1=O)NCc1nc(-c2ccncc2)no1. The number of pyridine rings is 1. The quantitative estimate of drug-likeness (QED) is 0.560. The number of carbonyl (C=O) groups excluding carboxylic acids is 3. The van der Waals surface area contributed by atoms with E-state index in [-0.39, 0.29) is 43.0 Å². The Morgan fingerprint density at radius 1 is 1.13 bits per heavy atom. The van der Waals surface area contributed by atoms with Crippen molar-refractivity contribution < 1.29 is 18.9 Å². The second kappa shape index (κ2) is 8.52. The molecule has 0 fully saturated rings. The van der Waals surface area contributed by atoms with Crippen LogP contribution in [0.5, 0.6) is 0 Å². The molecule has 3 aromatic rings. The molecule has 3 N–H and O–H groups in total. The lowest BCUT2D eigenvalue weighted by Crippen LogP contribution is -2.42. The number of para-hydroxylation sites is 1. The Kier molecular flexibility index (Phi) is 5.46. The predicted molar refractivity (Wildman–Crippen MR) is 105 cm³/mol. The normalized spacial score (nSPS) is 15.5. The van der Waals surface area contributed by atoms with Gasteiger partial charge in [0.05, 0.1) is 17.8 Å². The highest BCUT2D eigenvalue weighted by Crippen LogP contribution is 2.19. The molecule has 4 rings (SSSR count). The summed E-state index contributed by atoms with van der Waals surface area (Å²) in [4.78, 5) is 45.0. The van der Waals surface area contributed by atoms with Gasteiger partial charge in [-0.3, -0.25) is 19.4 Å². The zero-order valence-electron chi connectivity index (χ0n) is 15.8. The lowest BCUT2D eigenvalue weighted by molar-refractivity contribution is -0.122. The minimum absolute atomic E-state index is 0.0417. The Morgan fingerprint density at radius 3 is 2.77 bits per heavy atom. The van der Waals surface area contributed by atoms with Gasteiger partial charge in [-0.25, -0.2) is 0 Å². The molecule has 1 aliphatic rings. The minimum Gasteiger partial charge on any atom is -0.347 e. The topological polar surface area (TPSA) is 139 Å². The van der Waals surface area contributed by atoms with Gasteiger partial charge in [-0.15, -0.1) is 0 Å². The average molecular weight is 406 g/mol. The molecule has 0 bridgehead atoms. The number of carbonyl (C=O) groups is 3. The van der Waals surface area contributed by atoms with Crippen LogP contribution in [0.1, 0.15) is 29.1 Å². The summed E-state index contributed by atoms with van der Waals surface area (Å²) in [5, 5.41) is 11.9. The molecule has 30 heavy (non-hydrogen) atoms. The first-order valence-electron chi connectivity index (χ1n) is 9.30. The molecule has 10 nitrogen and oxygen atoms in total. The van der Waals surface area contributed by atoms with Crippen molar-refractivity contribution in [2.45, 2.75) is 25.4 Å². The number of nitrogens with zero attached hydrogens (tertiary/aromatic N) is 3. The maximum absolute atomic E-state index is 12.4. The fourth-order valence-electron chi connectivity index (χ4n) is 3.00. The molecule has 1 atom stereocenters. The van der Waals surface area contributed by atoms with Crippen molar-refractivity contribution in [1.82, 2.24) is 25.8 Å². The lowest BCUT2D eigenvalue weighted by atomic mass is 10.1. The smallest absolute Gasteiger partial charge is 0.254 e. The predicted octanol–water partition coefficient (Wildman–Crippen LogP) is 1.28. The second-order valence-corrected chi connectivity index (χ2v) is 6.62. The Balaban J connectivity index is 1.29. The average Bonchev–Trinajstić information content (AvgIpc) is 3.20. The molecule has 3 heterocycles. The number of aromatic nitrogens is 3. The number of nitrogens with one attached hydrogen (secondary N) is 3. The number of rotatable bonds is 6. The van der Waals surface area contributed by atoms with Crippen molar-refractivity contribution in [3.8, 4) is 11.4 Å². The summed E-state index contributed by atoms with van der Waals surface area (Å²) in [6, 6.07) is 9.43.